The Morgan fingerprint density at radius 1 is 1.10 bits per heavy atom. The molecule has 0 spiro atoms. The molecule has 2 aromatic rings. The topological polar surface area (TPSA) is 47.0 Å². The first-order chi connectivity index (χ1) is 10.1. The molecule has 112 valence electrons. The van der Waals surface area contributed by atoms with Crippen LogP contribution in [0.15, 0.2) is 30.3 Å². The lowest BCUT2D eigenvalue weighted by molar-refractivity contribution is 0.242. The van der Waals surface area contributed by atoms with E-state index in [1.54, 1.807) is 0 Å². The Morgan fingerprint density at radius 3 is 2.38 bits per heavy atom. The van der Waals surface area contributed by atoms with Gasteiger partial charge in [-0.15, -0.1) is 0 Å². The van der Waals surface area contributed by atoms with Crippen LogP contribution >= 0.6 is 0 Å². The van der Waals surface area contributed by atoms with E-state index in [-0.39, 0.29) is 6.10 Å². The Bertz CT molecular complexity index is 579. The van der Waals surface area contributed by atoms with Crippen LogP contribution in [-0.4, -0.2) is 22.6 Å². The molecule has 0 saturated heterocycles. The first-order valence-electron chi connectivity index (χ1n) is 7.51. The van der Waals surface area contributed by atoms with Gasteiger partial charge in [-0.25, -0.2) is 9.97 Å². The second-order valence-corrected chi connectivity index (χ2v) is 5.14. The van der Waals surface area contributed by atoms with E-state index in [2.05, 4.69) is 29.1 Å². The Labute approximate surface area is 126 Å². The van der Waals surface area contributed by atoms with Gasteiger partial charge in [0.05, 0.1) is 6.10 Å². The third-order valence-electron chi connectivity index (χ3n) is 2.98. The normalized spacial score (nSPS) is 10.7. The van der Waals surface area contributed by atoms with E-state index in [4.69, 9.17) is 4.74 Å². The number of hydrogen-bond acceptors (Lipinski definition) is 4. The molecule has 0 fully saturated rings. The maximum atomic E-state index is 5.66. The van der Waals surface area contributed by atoms with E-state index in [1.165, 1.54) is 0 Å². The number of benzene rings is 1. The lowest BCUT2D eigenvalue weighted by Crippen LogP contribution is -2.05. The van der Waals surface area contributed by atoms with Gasteiger partial charge in [-0.3, -0.25) is 0 Å². The summed E-state index contributed by atoms with van der Waals surface area (Å²) in [4.78, 5) is 9.17. The van der Waals surface area contributed by atoms with Crippen molar-refractivity contribution in [3.63, 3.8) is 0 Å². The van der Waals surface area contributed by atoms with E-state index >= 15 is 0 Å². The highest BCUT2D eigenvalue weighted by Gasteiger charge is 2.07. The molecule has 0 unspecified atom stereocenters. The third kappa shape index (κ3) is 4.18. The summed E-state index contributed by atoms with van der Waals surface area (Å²) >= 11 is 0. The molecule has 0 bridgehead atoms. The van der Waals surface area contributed by atoms with E-state index in [9.17, 15) is 0 Å². The average Bonchev–Trinajstić information content (AvgIpc) is 2.47. The molecule has 0 aliphatic carbocycles. The van der Waals surface area contributed by atoms with Crippen molar-refractivity contribution in [1.29, 1.82) is 0 Å². The van der Waals surface area contributed by atoms with Gasteiger partial charge in [0.2, 0.25) is 0 Å². The summed E-state index contributed by atoms with van der Waals surface area (Å²) in [6.07, 6.45) is 1.07. The molecule has 1 N–H and O–H groups in total. The molecule has 1 heterocycles. The fourth-order valence-electron chi connectivity index (χ4n) is 2.03. The maximum absolute atomic E-state index is 5.66. The number of aryl methyl sites for hydroxylation is 1. The SMILES string of the molecule is CCNc1cc(CC)nc(-c2ccc(OC(C)C)cc2)n1. The van der Waals surface area contributed by atoms with Crippen molar-refractivity contribution in [2.75, 3.05) is 11.9 Å². The van der Waals surface area contributed by atoms with Gasteiger partial charge in [0, 0.05) is 23.9 Å². The molecule has 4 heteroatoms. The molecule has 0 atom stereocenters. The third-order valence-corrected chi connectivity index (χ3v) is 2.98. The van der Waals surface area contributed by atoms with Crippen LogP contribution in [0.4, 0.5) is 5.82 Å². The van der Waals surface area contributed by atoms with Gasteiger partial charge in [0.15, 0.2) is 5.82 Å². The van der Waals surface area contributed by atoms with Crippen LogP contribution in [-0.2, 0) is 6.42 Å². The highest BCUT2D eigenvalue weighted by atomic mass is 16.5. The highest BCUT2D eigenvalue weighted by molar-refractivity contribution is 5.58. The van der Waals surface area contributed by atoms with E-state index in [1.807, 2.05) is 44.2 Å². The van der Waals surface area contributed by atoms with Crippen LogP contribution in [0.2, 0.25) is 0 Å². The zero-order valence-corrected chi connectivity index (χ0v) is 13.2. The Hall–Kier alpha value is -2.10. The molecule has 21 heavy (non-hydrogen) atoms. The van der Waals surface area contributed by atoms with Crippen molar-refractivity contribution in [3.05, 3.63) is 36.0 Å². The van der Waals surface area contributed by atoms with Crippen molar-refractivity contribution >= 4 is 5.82 Å². The van der Waals surface area contributed by atoms with Gasteiger partial charge < -0.3 is 10.1 Å². The highest BCUT2D eigenvalue weighted by Crippen LogP contribution is 2.22. The van der Waals surface area contributed by atoms with Crippen LogP contribution in [0, 0.1) is 0 Å². The van der Waals surface area contributed by atoms with Gasteiger partial charge in [0.1, 0.15) is 11.6 Å². The zero-order chi connectivity index (χ0) is 15.2. The van der Waals surface area contributed by atoms with Gasteiger partial charge in [-0.1, -0.05) is 6.92 Å². The fourth-order valence-corrected chi connectivity index (χ4v) is 2.03. The number of rotatable bonds is 6. The van der Waals surface area contributed by atoms with Gasteiger partial charge in [0.25, 0.3) is 0 Å². The number of hydrogen-bond donors (Lipinski definition) is 1. The lowest BCUT2D eigenvalue weighted by Gasteiger charge is -2.11. The number of ether oxygens (including phenoxy) is 1. The lowest BCUT2D eigenvalue weighted by atomic mass is 10.2. The predicted octanol–water partition coefficient (Wildman–Crippen LogP) is 3.93. The first-order valence-corrected chi connectivity index (χ1v) is 7.51. The van der Waals surface area contributed by atoms with Crippen LogP contribution in [0.5, 0.6) is 5.75 Å². The summed E-state index contributed by atoms with van der Waals surface area (Å²) in [6, 6.07) is 9.93. The van der Waals surface area contributed by atoms with E-state index in [0.29, 0.717) is 0 Å². The smallest absolute Gasteiger partial charge is 0.161 e. The van der Waals surface area contributed by atoms with Crippen LogP contribution in [0.1, 0.15) is 33.4 Å². The Balaban J connectivity index is 2.29. The number of nitrogens with one attached hydrogen (secondary N) is 1. The quantitative estimate of drug-likeness (QED) is 0.873. The van der Waals surface area contributed by atoms with Crippen molar-refractivity contribution in [3.8, 4) is 17.1 Å². The molecule has 1 aromatic heterocycles. The van der Waals surface area contributed by atoms with Crippen molar-refractivity contribution in [1.82, 2.24) is 9.97 Å². The summed E-state index contributed by atoms with van der Waals surface area (Å²) in [5.74, 6) is 2.50. The van der Waals surface area contributed by atoms with Gasteiger partial charge >= 0.3 is 0 Å². The molecule has 0 amide bonds. The molecule has 2 rings (SSSR count). The molecule has 0 aliphatic rings. The molecule has 0 aliphatic heterocycles. The molecular formula is C17H23N3O. The monoisotopic (exact) mass is 285 g/mol. The fraction of sp³-hybridized carbons (Fsp3) is 0.412. The summed E-state index contributed by atoms with van der Waals surface area (Å²) in [5.41, 5.74) is 2.04. The molecule has 0 saturated carbocycles. The van der Waals surface area contributed by atoms with E-state index in [0.717, 1.165) is 41.6 Å². The molecule has 4 nitrogen and oxygen atoms in total. The number of anilines is 1. The van der Waals surface area contributed by atoms with Crippen LogP contribution in [0.3, 0.4) is 0 Å². The first kappa shape index (κ1) is 15.3. The minimum absolute atomic E-state index is 0.177. The number of nitrogens with zero attached hydrogens (tertiary/aromatic N) is 2. The molecule has 1 aromatic carbocycles. The van der Waals surface area contributed by atoms with Gasteiger partial charge in [-0.05, 0) is 51.5 Å². The summed E-state index contributed by atoms with van der Waals surface area (Å²) in [7, 11) is 0. The minimum Gasteiger partial charge on any atom is -0.491 e. The maximum Gasteiger partial charge on any atom is 0.161 e. The second kappa shape index (κ2) is 7.07. The summed E-state index contributed by atoms with van der Waals surface area (Å²) in [5, 5.41) is 3.25. The van der Waals surface area contributed by atoms with Crippen LogP contribution in [0.25, 0.3) is 11.4 Å². The molecule has 0 radical (unpaired) electrons. The standard InChI is InChI=1S/C17H23N3O/c1-5-14-11-16(18-6-2)20-17(19-14)13-7-9-15(10-8-13)21-12(3)4/h7-12H,5-6H2,1-4H3,(H,18,19,20). The minimum atomic E-state index is 0.177. The van der Waals surface area contributed by atoms with Crippen molar-refractivity contribution in [2.24, 2.45) is 0 Å². The van der Waals surface area contributed by atoms with E-state index < -0.39 is 0 Å². The predicted molar refractivity (Wildman–Crippen MR) is 86.8 cm³/mol. The van der Waals surface area contributed by atoms with Crippen LogP contribution < -0.4 is 10.1 Å². The van der Waals surface area contributed by atoms with Gasteiger partial charge in [-0.2, -0.15) is 0 Å². The summed E-state index contributed by atoms with van der Waals surface area (Å²) < 4.78 is 5.66. The van der Waals surface area contributed by atoms with Crippen molar-refractivity contribution in [2.45, 2.75) is 40.2 Å². The molecular weight excluding hydrogens is 262 g/mol. The number of aromatic nitrogens is 2. The largest absolute Gasteiger partial charge is 0.491 e. The zero-order valence-electron chi connectivity index (χ0n) is 13.2. The summed E-state index contributed by atoms with van der Waals surface area (Å²) in [6.45, 7) is 9.04. The second-order valence-electron chi connectivity index (χ2n) is 5.14. The Morgan fingerprint density at radius 2 is 1.81 bits per heavy atom. The van der Waals surface area contributed by atoms with Crippen molar-refractivity contribution < 1.29 is 4.74 Å². The Kier molecular flexibility index (Phi) is 5.14. The average molecular weight is 285 g/mol.